The van der Waals surface area contributed by atoms with Gasteiger partial charge in [0.15, 0.2) is 0 Å². The maximum atomic E-state index is 12.8. The molecule has 0 aliphatic heterocycles. The van der Waals surface area contributed by atoms with E-state index in [0.717, 1.165) is 22.2 Å². The first-order chi connectivity index (χ1) is 11.7. The van der Waals surface area contributed by atoms with Gasteiger partial charge in [-0.3, -0.25) is 4.79 Å². The van der Waals surface area contributed by atoms with Gasteiger partial charge in [-0.15, -0.1) is 0 Å². The van der Waals surface area contributed by atoms with E-state index in [0.29, 0.717) is 18.8 Å². The van der Waals surface area contributed by atoms with Gasteiger partial charge in [-0.1, -0.05) is 36.4 Å². The van der Waals surface area contributed by atoms with Crippen LogP contribution in [0.2, 0.25) is 0 Å². The van der Waals surface area contributed by atoms with E-state index in [1.807, 2.05) is 61.5 Å². The van der Waals surface area contributed by atoms with Crippen LogP contribution in [0.4, 0.5) is 0 Å². The van der Waals surface area contributed by atoms with Gasteiger partial charge in [-0.2, -0.15) is 0 Å². The normalized spacial score (nSPS) is 10.6. The molecule has 1 aromatic heterocycles. The maximum absolute atomic E-state index is 12.8. The summed E-state index contributed by atoms with van der Waals surface area (Å²) in [7, 11) is 1.64. The van der Waals surface area contributed by atoms with Crippen molar-refractivity contribution < 1.29 is 9.53 Å². The van der Waals surface area contributed by atoms with Crippen LogP contribution >= 0.6 is 0 Å². The Morgan fingerprint density at radius 1 is 1.04 bits per heavy atom. The molecule has 1 heterocycles. The van der Waals surface area contributed by atoms with Gasteiger partial charge in [-0.25, -0.2) is 4.98 Å². The fraction of sp³-hybridized carbons (Fsp3) is 0.200. The third-order valence-corrected chi connectivity index (χ3v) is 4.02. The summed E-state index contributed by atoms with van der Waals surface area (Å²) in [6, 6.07) is 19.3. The quantitative estimate of drug-likeness (QED) is 0.716. The monoisotopic (exact) mass is 320 g/mol. The average molecular weight is 320 g/mol. The molecule has 0 fully saturated rings. The molecular weight excluding hydrogens is 300 g/mol. The Morgan fingerprint density at radius 3 is 2.50 bits per heavy atom. The summed E-state index contributed by atoms with van der Waals surface area (Å²) in [6.07, 6.45) is 0. The molecule has 122 valence electrons. The Morgan fingerprint density at radius 2 is 1.79 bits per heavy atom. The highest BCUT2D eigenvalue weighted by molar-refractivity contribution is 5.94. The molecule has 0 spiro atoms. The fourth-order valence-electron chi connectivity index (χ4n) is 2.63. The zero-order valence-corrected chi connectivity index (χ0v) is 13.9. The van der Waals surface area contributed by atoms with Crippen molar-refractivity contribution in [3.8, 4) is 5.75 Å². The highest BCUT2D eigenvalue weighted by Gasteiger charge is 2.16. The van der Waals surface area contributed by atoms with Crippen LogP contribution in [0.15, 0.2) is 60.7 Å². The van der Waals surface area contributed by atoms with Gasteiger partial charge in [0.05, 0.1) is 12.6 Å². The molecule has 0 saturated heterocycles. The minimum Gasteiger partial charge on any atom is -0.497 e. The van der Waals surface area contributed by atoms with E-state index in [2.05, 4.69) is 4.98 Å². The minimum atomic E-state index is -0.0564. The number of carbonyl (C=O) groups excluding carboxylic acids is 1. The maximum Gasteiger partial charge on any atom is 0.272 e. The van der Waals surface area contributed by atoms with E-state index < -0.39 is 0 Å². The fourth-order valence-corrected chi connectivity index (χ4v) is 2.63. The number of amides is 1. The number of benzene rings is 2. The molecule has 0 aliphatic carbocycles. The Balaban J connectivity index is 1.81. The predicted octanol–water partition coefficient (Wildman–Crippen LogP) is 3.91. The van der Waals surface area contributed by atoms with E-state index in [-0.39, 0.29) is 5.91 Å². The van der Waals surface area contributed by atoms with Crippen molar-refractivity contribution in [2.75, 3.05) is 13.7 Å². The van der Waals surface area contributed by atoms with Crippen LogP contribution in [0.5, 0.6) is 5.75 Å². The minimum absolute atomic E-state index is 0.0564. The zero-order chi connectivity index (χ0) is 16.9. The van der Waals surface area contributed by atoms with Crippen LogP contribution in [0.3, 0.4) is 0 Å². The number of para-hydroxylation sites is 1. The molecule has 0 bridgehead atoms. The van der Waals surface area contributed by atoms with Crippen molar-refractivity contribution in [2.24, 2.45) is 0 Å². The van der Waals surface area contributed by atoms with E-state index in [4.69, 9.17) is 4.74 Å². The number of ether oxygens (including phenoxy) is 1. The van der Waals surface area contributed by atoms with E-state index in [1.54, 1.807) is 18.1 Å². The lowest BCUT2D eigenvalue weighted by Crippen LogP contribution is -2.30. The largest absolute Gasteiger partial charge is 0.497 e. The van der Waals surface area contributed by atoms with Crippen LogP contribution in [-0.2, 0) is 6.54 Å². The lowest BCUT2D eigenvalue weighted by Gasteiger charge is -2.21. The van der Waals surface area contributed by atoms with E-state index >= 15 is 0 Å². The molecular formula is C20H20N2O2. The molecule has 4 nitrogen and oxygen atoms in total. The summed E-state index contributed by atoms with van der Waals surface area (Å²) in [4.78, 5) is 19.1. The summed E-state index contributed by atoms with van der Waals surface area (Å²) in [6.45, 7) is 3.15. The molecule has 1 amide bonds. The van der Waals surface area contributed by atoms with Gasteiger partial charge >= 0.3 is 0 Å². The molecule has 0 aliphatic rings. The van der Waals surface area contributed by atoms with Gasteiger partial charge in [0.2, 0.25) is 0 Å². The van der Waals surface area contributed by atoms with Crippen molar-refractivity contribution in [1.82, 2.24) is 9.88 Å². The molecule has 2 aromatic carbocycles. The number of pyridine rings is 1. The van der Waals surface area contributed by atoms with E-state index in [9.17, 15) is 4.79 Å². The molecule has 0 N–H and O–H groups in total. The summed E-state index contributed by atoms with van der Waals surface area (Å²) in [5, 5.41) is 1.03. The van der Waals surface area contributed by atoms with Gasteiger partial charge < -0.3 is 9.64 Å². The lowest BCUT2D eigenvalue weighted by molar-refractivity contribution is 0.0747. The zero-order valence-electron chi connectivity index (χ0n) is 13.9. The summed E-state index contributed by atoms with van der Waals surface area (Å²) >= 11 is 0. The number of carbonyl (C=O) groups is 1. The molecule has 3 rings (SSSR count). The van der Waals surface area contributed by atoms with Crippen molar-refractivity contribution >= 4 is 16.8 Å². The van der Waals surface area contributed by atoms with Crippen molar-refractivity contribution in [1.29, 1.82) is 0 Å². The van der Waals surface area contributed by atoms with E-state index in [1.165, 1.54) is 0 Å². The first-order valence-corrected chi connectivity index (χ1v) is 7.99. The summed E-state index contributed by atoms with van der Waals surface area (Å²) in [5.74, 6) is 0.753. The third-order valence-electron chi connectivity index (χ3n) is 4.02. The molecule has 0 radical (unpaired) electrons. The number of nitrogens with zero attached hydrogens (tertiary/aromatic N) is 2. The first kappa shape index (κ1) is 16.0. The Labute approximate surface area is 141 Å². The second kappa shape index (κ2) is 7.13. The average Bonchev–Trinajstić information content (AvgIpc) is 2.65. The van der Waals surface area contributed by atoms with Crippen LogP contribution in [0.1, 0.15) is 23.0 Å². The lowest BCUT2D eigenvalue weighted by atomic mass is 10.1. The Bertz CT molecular complexity index is 844. The third kappa shape index (κ3) is 3.38. The van der Waals surface area contributed by atoms with Crippen LogP contribution in [0, 0.1) is 0 Å². The SMILES string of the molecule is CCN(Cc1ccc(OC)cc1)C(=O)c1ccc2ccccc2n1. The first-order valence-electron chi connectivity index (χ1n) is 7.99. The number of fused-ring (bicyclic) bond motifs is 1. The highest BCUT2D eigenvalue weighted by Crippen LogP contribution is 2.16. The Hall–Kier alpha value is -2.88. The summed E-state index contributed by atoms with van der Waals surface area (Å²) < 4.78 is 5.17. The molecule has 24 heavy (non-hydrogen) atoms. The number of methoxy groups -OCH3 is 1. The standard InChI is InChI=1S/C20H20N2O2/c1-3-22(14-15-8-11-17(24-2)12-9-15)20(23)19-13-10-16-6-4-5-7-18(16)21-19/h4-13H,3,14H2,1-2H3. The highest BCUT2D eigenvalue weighted by atomic mass is 16.5. The number of hydrogen-bond acceptors (Lipinski definition) is 3. The smallest absolute Gasteiger partial charge is 0.272 e. The van der Waals surface area contributed by atoms with Gasteiger partial charge in [0.25, 0.3) is 5.91 Å². The van der Waals surface area contributed by atoms with Gasteiger partial charge in [0, 0.05) is 18.5 Å². The Kier molecular flexibility index (Phi) is 4.75. The second-order valence-electron chi connectivity index (χ2n) is 5.56. The van der Waals surface area contributed by atoms with Crippen LogP contribution < -0.4 is 4.74 Å². The van der Waals surface area contributed by atoms with Crippen LogP contribution in [0.25, 0.3) is 10.9 Å². The van der Waals surface area contributed by atoms with Gasteiger partial charge in [0.1, 0.15) is 11.4 Å². The molecule has 4 heteroatoms. The predicted molar refractivity (Wildman–Crippen MR) is 95.2 cm³/mol. The van der Waals surface area contributed by atoms with Crippen molar-refractivity contribution in [3.63, 3.8) is 0 Å². The molecule has 0 unspecified atom stereocenters. The topological polar surface area (TPSA) is 42.4 Å². The van der Waals surface area contributed by atoms with Gasteiger partial charge in [-0.05, 0) is 36.8 Å². The second-order valence-corrected chi connectivity index (χ2v) is 5.56. The molecule has 0 atom stereocenters. The number of hydrogen-bond donors (Lipinski definition) is 0. The molecule has 3 aromatic rings. The van der Waals surface area contributed by atoms with Crippen LogP contribution in [-0.4, -0.2) is 29.4 Å². The number of aromatic nitrogens is 1. The number of rotatable bonds is 5. The van der Waals surface area contributed by atoms with Crippen molar-refractivity contribution in [3.05, 3.63) is 71.9 Å². The molecule has 0 saturated carbocycles. The van der Waals surface area contributed by atoms with Crippen molar-refractivity contribution in [2.45, 2.75) is 13.5 Å². The summed E-state index contributed by atoms with van der Waals surface area (Å²) in [5.41, 5.74) is 2.37.